The van der Waals surface area contributed by atoms with Gasteiger partial charge in [-0.05, 0) is 79.4 Å². The van der Waals surface area contributed by atoms with E-state index in [0.717, 1.165) is 21.8 Å². The lowest BCUT2D eigenvalue weighted by atomic mass is 10.2. The zero-order valence-electron chi connectivity index (χ0n) is 17.1. The van der Waals surface area contributed by atoms with Crippen LogP contribution in [0.5, 0.6) is 5.75 Å². The Kier molecular flexibility index (Phi) is 7.08. The average Bonchev–Trinajstić information content (AvgIpc) is 3.10. The highest BCUT2D eigenvalue weighted by Crippen LogP contribution is 2.33. The normalized spacial score (nSPS) is 16.3. The van der Waals surface area contributed by atoms with E-state index < -0.39 is 10.1 Å². The molecule has 10 heteroatoms. The molecule has 1 saturated heterocycles. The summed E-state index contributed by atoms with van der Waals surface area (Å²) in [5, 5.41) is 3.15. The molecule has 1 amide bonds. The molecule has 0 saturated carbocycles. The fourth-order valence-corrected chi connectivity index (χ4v) is 5.26. The number of carbonyl (C=O) groups is 1. The van der Waals surface area contributed by atoms with Gasteiger partial charge in [0.2, 0.25) is 0 Å². The second-order valence-corrected chi connectivity index (χ2v) is 11.4. The average molecular weight is 608 g/mol. The van der Waals surface area contributed by atoms with E-state index in [1.54, 1.807) is 30.3 Å². The number of amides is 1. The molecule has 168 valence electrons. The van der Waals surface area contributed by atoms with E-state index in [4.69, 9.17) is 4.18 Å². The largest absolute Gasteiger partial charge is 0.378 e. The van der Waals surface area contributed by atoms with Gasteiger partial charge >= 0.3 is 10.1 Å². The Hall–Kier alpha value is -2.40. The quantitative estimate of drug-likeness (QED) is 0.277. The summed E-state index contributed by atoms with van der Waals surface area (Å²) in [6.45, 7) is 1.87. The van der Waals surface area contributed by atoms with Crippen LogP contribution in [-0.4, -0.2) is 19.5 Å². The SMILES string of the molecule is Cc1ccc(S(=O)(=O)Oc2ccc(Br)cc2/C=C2/SC(=Nc3ccc(Br)cc3)NC2=O)cc1. The van der Waals surface area contributed by atoms with Gasteiger partial charge in [-0.25, -0.2) is 4.99 Å². The summed E-state index contributed by atoms with van der Waals surface area (Å²) in [7, 11) is -4.05. The second kappa shape index (κ2) is 9.84. The summed E-state index contributed by atoms with van der Waals surface area (Å²) in [5.74, 6) is -0.221. The van der Waals surface area contributed by atoms with Gasteiger partial charge in [0.1, 0.15) is 10.6 Å². The number of nitrogens with one attached hydrogen (secondary N) is 1. The Labute approximate surface area is 212 Å². The summed E-state index contributed by atoms with van der Waals surface area (Å²) in [6, 6.07) is 18.6. The van der Waals surface area contributed by atoms with E-state index in [0.29, 0.717) is 25.8 Å². The van der Waals surface area contributed by atoms with Crippen LogP contribution in [0.15, 0.2) is 90.5 Å². The Morgan fingerprint density at radius 1 is 0.970 bits per heavy atom. The van der Waals surface area contributed by atoms with Crippen molar-refractivity contribution in [2.24, 2.45) is 4.99 Å². The standard InChI is InChI=1S/C23H16Br2N2O4S2/c1-14-2-9-19(10-3-14)33(29,30)31-20-11-6-17(25)12-15(20)13-21-22(28)27-23(32-21)26-18-7-4-16(24)5-8-18/h2-13H,1H3,(H,26,27,28)/b21-13+. The van der Waals surface area contributed by atoms with Crippen molar-refractivity contribution in [1.29, 1.82) is 0 Å². The van der Waals surface area contributed by atoms with Crippen molar-refractivity contribution in [2.45, 2.75) is 11.8 Å². The van der Waals surface area contributed by atoms with Gasteiger partial charge < -0.3 is 9.50 Å². The molecule has 6 nitrogen and oxygen atoms in total. The van der Waals surface area contributed by atoms with Crippen LogP contribution in [0.2, 0.25) is 0 Å². The highest BCUT2D eigenvalue weighted by molar-refractivity contribution is 9.10. The molecular weight excluding hydrogens is 592 g/mol. The Bertz CT molecular complexity index is 1380. The van der Waals surface area contributed by atoms with Crippen LogP contribution in [0.1, 0.15) is 11.1 Å². The van der Waals surface area contributed by atoms with Gasteiger partial charge in [-0.15, -0.1) is 0 Å². The minimum Gasteiger partial charge on any atom is -0.378 e. The summed E-state index contributed by atoms with van der Waals surface area (Å²) in [4.78, 5) is 17.4. The van der Waals surface area contributed by atoms with E-state index in [2.05, 4.69) is 42.2 Å². The van der Waals surface area contributed by atoms with Crippen LogP contribution in [0.3, 0.4) is 0 Å². The molecule has 3 aromatic rings. The van der Waals surface area contributed by atoms with Gasteiger partial charge in [-0.1, -0.05) is 49.6 Å². The third kappa shape index (κ3) is 5.94. The number of hydrogen-bond donors (Lipinski definition) is 1. The zero-order chi connectivity index (χ0) is 23.6. The minimum absolute atomic E-state index is 0.0477. The minimum atomic E-state index is -4.05. The molecular formula is C23H16Br2N2O4S2. The summed E-state index contributed by atoms with van der Waals surface area (Å²) in [5.41, 5.74) is 2.06. The Balaban J connectivity index is 1.63. The predicted molar refractivity (Wildman–Crippen MR) is 138 cm³/mol. The summed E-state index contributed by atoms with van der Waals surface area (Å²) in [6.07, 6.45) is 1.58. The molecule has 1 N–H and O–H groups in total. The molecule has 0 atom stereocenters. The van der Waals surface area contributed by atoms with Crippen molar-refractivity contribution >= 4 is 76.6 Å². The maximum Gasteiger partial charge on any atom is 0.339 e. The fourth-order valence-electron chi connectivity index (χ4n) is 2.83. The molecule has 1 fully saturated rings. The highest BCUT2D eigenvalue weighted by atomic mass is 79.9. The molecule has 0 spiro atoms. The number of aryl methyl sites for hydroxylation is 1. The van der Waals surface area contributed by atoms with E-state index in [1.165, 1.54) is 18.2 Å². The van der Waals surface area contributed by atoms with Gasteiger partial charge in [0.05, 0.1) is 10.6 Å². The Morgan fingerprint density at radius 3 is 2.33 bits per heavy atom. The topological polar surface area (TPSA) is 84.8 Å². The monoisotopic (exact) mass is 606 g/mol. The molecule has 0 unspecified atom stereocenters. The lowest BCUT2D eigenvalue weighted by Gasteiger charge is -2.10. The number of aliphatic imine (C=N–C) groups is 1. The van der Waals surface area contributed by atoms with Gasteiger partial charge in [0, 0.05) is 14.5 Å². The van der Waals surface area contributed by atoms with Crippen LogP contribution in [0.4, 0.5) is 5.69 Å². The van der Waals surface area contributed by atoms with Gasteiger partial charge in [0.15, 0.2) is 5.17 Å². The number of carbonyl (C=O) groups excluding carboxylic acids is 1. The Morgan fingerprint density at radius 2 is 1.64 bits per heavy atom. The van der Waals surface area contributed by atoms with Crippen molar-refractivity contribution in [3.05, 3.63) is 91.7 Å². The smallest absolute Gasteiger partial charge is 0.339 e. The third-order valence-corrected chi connectivity index (χ3v) is 7.66. The number of hydrogen-bond acceptors (Lipinski definition) is 6. The maximum atomic E-state index is 12.8. The van der Waals surface area contributed by atoms with E-state index in [9.17, 15) is 13.2 Å². The van der Waals surface area contributed by atoms with Gasteiger partial charge in [-0.2, -0.15) is 8.42 Å². The van der Waals surface area contributed by atoms with Crippen LogP contribution in [0.25, 0.3) is 6.08 Å². The van der Waals surface area contributed by atoms with Gasteiger partial charge in [-0.3, -0.25) is 4.79 Å². The number of benzene rings is 3. The van der Waals surface area contributed by atoms with Crippen LogP contribution >= 0.6 is 43.6 Å². The molecule has 1 heterocycles. The zero-order valence-corrected chi connectivity index (χ0v) is 21.9. The second-order valence-electron chi connectivity index (χ2n) is 6.99. The van der Waals surface area contributed by atoms with Crippen molar-refractivity contribution < 1.29 is 17.4 Å². The number of nitrogens with zero attached hydrogens (tertiary/aromatic N) is 1. The molecule has 0 radical (unpaired) electrons. The number of thioether (sulfide) groups is 1. The molecule has 1 aliphatic rings. The number of halogens is 2. The molecule has 4 rings (SSSR count). The van der Waals surface area contributed by atoms with Crippen LogP contribution < -0.4 is 9.50 Å². The molecule has 0 bridgehead atoms. The third-order valence-electron chi connectivity index (χ3n) is 4.48. The highest BCUT2D eigenvalue weighted by Gasteiger charge is 2.25. The predicted octanol–water partition coefficient (Wildman–Crippen LogP) is 6.18. The van der Waals surface area contributed by atoms with Crippen LogP contribution in [0, 0.1) is 6.92 Å². The van der Waals surface area contributed by atoms with Crippen molar-refractivity contribution in [3.8, 4) is 5.75 Å². The molecule has 3 aromatic carbocycles. The first-order chi connectivity index (χ1) is 15.7. The molecule has 1 aliphatic heterocycles. The van der Waals surface area contributed by atoms with Crippen LogP contribution in [-0.2, 0) is 14.9 Å². The van der Waals surface area contributed by atoms with E-state index in [-0.39, 0.29) is 16.6 Å². The first-order valence-electron chi connectivity index (χ1n) is 9.55. The van der Waals surface area contributed by atoms with Crippen molar-refractivity contribution in [3.63, 3.8) is 0 Å². The van der Waals surface area contributed by atoms with E-state index >= 15 is 0 Å². The molecule has 0 aliphatic carbocycles. The van der Waals surface area contributed by atoms with E-state index in [1.807, 2.05) is 31.2 Å². The van der Waals surface area contributed by atoms with Gasteiger partial charge in [0.25, 0.3) is 5.91 Å². The fraction of sp³-hybridized carbons (Fsp3) is 0.0435. The lowest BCUT2D eigenvalue weighted by molar-refractivity contribution is -0.115. The van der Waals surface area contributed by atoms with Crippen molar-refractivity contribution in [1.82, 2.24) is 5.32 Å². The number of rotatable bonds is 5. The summed E-state index contributed by atoms with van der Waals surface area (Å²) < 4.78 is 32.6. The molecule has 0 aromatic heterocycles. The lowest BCUT2D eigenvalue weighted by Crippen LogP contribution is -2.19. The summed E-state index contributed by atoms with van der Waals surface area (Å²) >= 11 is 7.92. The number of amidine groups is 1. The maximum absolute atomic E-state index is 12.8. The van der Waals surface area contributed by atoms with Crippen molar-refractivity contribution in [2.75, 3.05) is 0 Å². The first kappa shape index (κ1) is 23.7. The molecule has 33 heavy (non-hydrogen) atoms. The first-order valence-corrected chi connectivity index (χ1v) is 13.4.